The highest BCUT2D eigenvalue weighted by molar-refractivity contribution is 7.20. The zero-order valence-corrected chi connectivity index (χ0v) is 10.6. The molecule has 0 aliphatic carbocycles. The minimum Gasteiger partial charge on any atom is -0.365 e. The Balaban J connectivity index is 2.60. The zero-order valence-electron chi connectivity index (χ0n) is 9.77. The van der Waals surface area contributed by atoms with E-state index in [-0.39, 0.29) is 0 Å². The van der Waals surface area contributed by atoms with Crippen LogP contribution >= 0.6 is 11.3 Å². The van der Waals surface area contributed by atoms with Crippen molar-refractivity contribution in [1.82, 2.24) is 0 Å². The smallest absolute Gasteiger partial charge is 0.251 e. The lowest BCUT2D eigenvalue weighted by atomic mass is 10.1. The average molecular weight is 260 g/mol. The van der Waals surface area contributed by atoms with Gasteiger partial charge in [0.1, 0.15) is 5.00 Å². The lowest BCUT2D eigenvalue weighted by Gasteiger charge is -2.00. The summed E-state index contributed by atoms with van der Waals surface area (Å²) in [4.78, 5) is 22.9. The molecule has 4 nitrogen and oxygen atoms in total. The van der Waals surface area contributed by atoms with Crippen LogP contribution in [-0.2, 0) is 4.79 Å². The number of nitrogens with two attached hydrogens (primary N) is 1. The van der Waals surface area contributed by atoms with Gasteiger partial charge in [0.15, 0.2) is 0 Å². The molecule has 0 unspecified atom stereocenters. The van der Waals surface area contributed by atoms with E-state index in [1.54, 1.807) is 0 Å². The average Bonchev–Trinajstić information content (AvgIpc) is 2.68. The second kappa shape index (κ2) is 5.01. The Morgan fingerprint density at radius 1 is 1.33 bits per heavy atom. The fourth-order valence-corrected chi connectivity index (χ4v) is 3.01. The quantitative estimate of drug-likeness (QED) is 0.828. The van der Waals surface area contributed by atoms with Crippen LogP contribution in [0.3, 0.4) is 0 Å². The Morgan fingerprint density at radius 2 is 2.00 bits per heavy atom. The highest BCUT2D eigenvalue weighted by atomic mass is 32.1. The topological polar surface area (TPSA) is 72.2 Å². The van der Waals surface area contributed by atoms with Crippen LogP contribution < -0.4 is 11.1 Å². The summed E-state index contributed by atoms with van der Waals surface area (Å²) in [6, 6.07) is 9.67. The van der Waals surface area contributed by atoms with Crippen LogP contribution in [0.4, 0.5) is 5.00 Å². The minimum absolute atomic E-state index is 0.381. The Bertz CT molecular complexity index is 591. The van der Waals surface area contributed by atoms with Gasteiger partial charge in [-0.05, 0) is 18.1 Å². The van der Waals surface area contributed by atoms with E-state index in [1.165, 1.54) is 11.3 Å². The molecule has 0 aliphatic rings. The number of nitrogens with one attached hydrogen (secondary N) is 1. The van der Waals surface area contributed by atoms with Crippen LogP contribution in [0.5, 0.6) is 0 Å². The van der Waals surface area contributed by atoms with Crippen LogP contribution in [0, 0.1) is 6.92 Å². The Labute approximate surface area is 108 Å². The summed E-state index contributed by atoms with van der Waals surface area (Å²) in [5.74, 6) is -0.532. The molecular weight excluding hydrogens is 248 g/mol. The summed E-state index contributed by atoms with van der Waals surface area (Å²) in [6.07, 6.45) is 0.548. The summed E-state index contributed by atoms with van der Waals surface area (Å²) in [6.45, 7) is 1.83. The zero-order chi connectivity index (χ0) is 13.1. The molecule has 5 heteroatoms. The summed E-state index contributed by atoms with van der Waals surface area (Å²) < 4.78 is 0. The van der Waals surface area contributed by atoms with Crippen LogP contribution in [0.1, 0.15) is 15.9 Å². The molecule has 92 valence electrons. The van der Waals surface area contributed by atoms with Gasteiger partial charge in [-0.15, -0.1) is 11.3 Å². The summed E-state index contributed by atoms with van der Waals surface area (Å²) in [5.41, 5.74) is 7.53. The largest absolute Gasteiger partial charge is 0.365 e. The van der Waals surface area contributed by atoms with Crippen molar-refractivity contribution in [2.45, 2.75) is 6.92 Å². The van der Waals surface area contributed by atoms with E-state index in [1.807, 2.05) is 37.3 Å². The molecule has 2 amide bonds. The van der Waals surface area contributed by atoms with Gasteiger partial charge in [-0.3, -0.25) is 9.59 Å². The van der Waals surface area contributed by atoms with Gasteiger partial charge in [0.25, 0.3) is 5.91 Å². The SMILES string of the molecule is Cc1c(-c2ccccc2)sc(NC=O)c1C(N)=O. The van der Waals surface area contributed by atoms with Gasteiger partial charge in [-0.2, -0.15) is 0 Å². The molecule has 0 atom stereocenters. The third-order valence-electron chi connectivity index (χ3n) is 2.62. The van der Waals surface area contributed by atoms with Crippen molar-refractivity contribution in [2.24, 2.45) is 5.73 Å². The number of rotatable bonds is 4. The van der Waals surface area contributed by atoms with E-state index in [0.717, 1.165) is 16.0 Å². The van der Waals surface area contributed by atoms with Gasteiger partial charge >= 0.3 is 0 Å². The number of thiophene rings is 1. The predicted molar refractivity (Wildman–Crippen MR) is 72.7 cm³/mol. The molecule has 0 aliphatic heterocycles. The van der Waals surface area contributed by atoms with Gasteiger partial charge in [0.05, 0.1) is 5.56 Å². The van der Waals surface area contributed by atoms with E-state index in [0.29, 0.717) is 17.0 Å². The van der Waals surface area contributed by atoms with Crippen molar-refractivity contribution in [3.63, 3.8) is 0 Å². The number of amides is 2. The van der Waals surface area contributed by atoms with Crippen LogP contribution in [0.2, 0.25) is 0 Å². The second-order valence-electron chi connectivity index (χ2n) is 3.75. The predicted octanol–water partition coefficient (Wildman–Crippen LogP) is 2.39. The van der Waals surface area contributed by atoms with Gasteiger partial charge in [0.2, 0.25) is 6.41 Å². The molecule has 18 heavy (non-hydrogen) atoms. The Kier molecular flexibility index (Phi) is 3.43. The maximum atomic E-state index is 11.4. The molecular formula is C13H12N2O2S. The lowest BCUT2D eigenvalue weighted by molar-refractivity contribution is -0.105. The number of carbonyl (C=O) groups is 2. The van der Waals surface area contributed by atoms with E-state index in [2.05, 4.69) is 5.32 Å². The lowest BCUT2D eigenvalue weighted by Crippen LogP contribution is -2.13. The van der Waals surface area contributed by atoms with Crippen molar-refractivity contribution in [3.05, 3.63) is 41.5 Å². The fraction of sp³-hybridized carbons (Fsp3) is 0.0769. The normalized spacial score (nSPS) is 10.1. The highest BCUT2D eigenvalue weighted by Gasteiger charge is 2.19. The van der Waals surface area contributed by atoms with Crippen LogP contribution in [0.25, 0.3) is 10.4 Å². The first-order valence-electron chi connectivity index (χ1n) is 5.34. The maximum Gasteiger partial charge on any atom is 0.251 e. The van der Waals surface area contributed by atoms with Crippen molar-refractivity contribution < 1.29 is 9.59 Å². The van der Waals surface area contributed by atoms with Crippen LogP contribution in [0.15, 0.2) is 30.3 Å². The molecule has 1 heterocycles. The van der Waals surface area contributed by atoms with Gasteiger partial charge in [-0.25, -0.2) is 0 Å². The molecule has 0 saturated heterocycles. The number of benzene rings is 1. The fourth-order valence-electron chi connectivity index (χ4n) is 1.83. The third kappa shape index (κ3) is 2.12. The second-order valence-corrected chi connectivity index (χ2v) is 4.77. The summed E-state index contributed by atoms with van der Waals surface area (Å²) >= 11 is 1.35. The Hall–Kier alpha value is -2.14. The number of primary amides is 1. The first kappa shape index (κ1) is 12.3. The highest BCUT2D eigenvalue weighted by Crippen LogP contribution is 2.39. The number of hydrogen-bond acceptors (Lipinski definition) is 3. The van der Waals surface area contributed by atoms with Gasteiger partial charge in [0, 0.05) is 4.88 Å². The molecule has 3 N–H and O–H groups in total. The minimum atomic E-state index is -0.532. The van der Waals surface area contributed by atoms with E-state index < -0.39 is 5.91 Å². The summed E-state index contributed by atoms with van der Waals surface area (Å²) in [7, 11) is 0. The summed E-state index contributed by atoms with van der Waals surface area (Å²) in [5, 5.41) is 3.02. The molecule has 1 aromatic carbocycles. The molecule has 0 spiro atoms. The van der Waals surface area contributed by atoms with Crippen molar-refractivity contribution >= 4 is 28.7 Å². The molecule has 0 fully saturated rings. The van der Waals surface area contributed by atoms with E-state index in [9.17, 15) is 9.59 Å². The monoisotopic (exact) mass is 260 g/mol. The van der Waals surface area contributed by atoms with E-state index in [4.69, 9.17) is 5.73 Å². The molecule has 2 rings (SSSR count). The van der Waals surface area contributed by atoms with Crippen molar-refractivity contribution in [1.29, 1.82) is 0 Å². The molecule has 1 aromatic heterocycles. The van der Waals surface area contributed by atoms with E-state index >= 15 is 0 Å². The Morgan fingerprint density at radius 3 is 2.56 bits per heavy atom. The van der Waals surface area contributed by atoms with Gasteiger partial charge < -0.3 is 11.1 Å². The number of hydrogen-bond donors (Lipinski definition) is 2. The number of carbonyl (C=O) groups excluding carboxylic acids is 2. The van der Waals surface area contributed by atoms with Gasteiger partial charge in [-0.1, -0.05) is 30.3 Å². The van der Waals surface area contributed by atoms with Crippen LogP contribution in [-0.4, -0.2) is 12.3 Å². The first-order valence-corrected chi connectivity index (χ1v) is 6.15. The van der Waals surface area contributed by atoms with Crippen molar-refractivity contribution in [2.75, 3.05) is 5.32 Å². The molecule has 0 saturated carbocycles. The molecule has 0 radical (unpaired) electrons. The first-order chi connectivity index (χ1) is 8.65. The maximum absolute atomic E-state index is 11.4. The third-order valence-corrected chi connectivity index (χ3v) is 3.89. The number of anilines is 1. The molecule has 0 bridgehead atoms. The molecule has 2 aromatic rings. The van der Waals surface area contributed by atoms with Crippen molar-refractivity contribution in [3.8, 4) is 10.4 Å². The standard InChI is InChI=1S/C13H12N2O2S/c1-8-10(12(14)17)13(15-7-16)18-11(8)9-5-3-2-4-6-9/h2-7H,1H3,(H2,14,17)(H,15,16).